The quantitative estimate of drug-likeness (QED) is 0.139. The van der Waals surface area contributed by atoms with E-state index in [1.54, 1.807) is 54.7 Å². The summed E-state index contributed by atoms with van der Waals surface area (Å²) in [6.07, 6.45) is 4.75. The number of amides is 2. The Hall–Kier alpha value is -5.02. The number of furan rings is 1. The lowest BCUT2D eigenvalue weighted by Crippen LogP contribution is -2.37. The Kier molecular flexibility index (Phi) is 10.8. The van der Waals surface area contributed by atoms with E-state index in [4.69, 9.17) is 21.8 Å². The fourth-order valence-electron chi connectivity index (χ4n) is 4.23. The molecule has 0 aliphatic heterocycles. The molecule has 0 aliphatic rings. The van der Waals surface area contributed by atoms with Crippen molar-refractivity contribution in [1.29, 1.82) is 5.26 Å². The zero-order chi connectivity index (χ0) is 28.9. The standard InChI is InChI=1S/C29H22ClN7O4.2ClH/c30-17-6-7-20(25(38)10-17)23-12-21(22(13-31)28(36-23)37-29(40)26-5-2-8-41-26)16-3-1-4-18(9-16)35-24(27(32)39)11-19-14-33-15-34-19;;/h1-10,12,14-15,24,35,38H,11H2,(H2,32,39)(H,33,34)(H,36,37,40);2*1H/t24-;;/m0../s1. The average molecular weight is 641 g/mol. The number of imidazole rings is 1. The number of hydrogen-bond donors (Lipinski definition) is 5. The van der Waals surface area contributed by atoms with E-state index in [9.17, 15) is 20.0 Å². The molecule has 0 saturated heterocycles. The van der Waals surface area contributed by atoms with E-state index in [-0.39, 0.29) is 59.8 Å². The number of rotatable bonds is 9. The third-order valence-electron chi connectivity index (χ3n) is 6.18. The molecule has 0 bridgehead atoms. The predicted octanol–water partition coefficient (Wildman–Crippen LogP) is 5.57. The summed E-state index contributed by atoms with van der Waals surface area (Å²) in [5.41, 5.74) is 8.59. The van der Waals surface area contributed by atoms with Gasteiger partial charge in [0.05, 0.1) is 18.3 Å². The minimum atomic E-state index is -0.747. The largest absolute Gasteiger partial charge is 0.507 e. The van der Waals surface area contributed by atoms with Crippen LogP contribution in [-0.4, -0.2) is 37.9 Å². The number of nitrogens with one attached hydrogen (secondary N) is 3. The monoisotopic (exact) mass is 639 g/mol. The first kappa shape index (κ1) is 32.5. The molecule has 11 nitrogen and oxygen atoms in total. The van der Waals surface area contributed by atoms with Gasteiger partial charge in [-0.25, -0.2) is 9.97 Å². The van der Waals surface area contributed by atoms with Crippen molar-refractivity contribution in [3.63, 3.8) is 0 Å². The van der Waals surface area contributed by atoms with E-state index in [0.717, 1.165) is 5.69 Å². The first-order chi connectivity index (χ1) is 19.8. The number of nitrogens with zero attached hydrogens (tertiary/aromatic N) is 3. The molecule has 0 spiro atoms. The lowest BCUT2D eigenvalue weighted by Gasteiger charge is -2.18. The van der Waals surface area contributed by atoms with Crippen molar-refractivity contribution in [3.8, 4) is 34.2 Å². The number of aromatic hydroxyl groups is 1. The number of H-pyrrole nitrogens is 1. The number of hydrogen-bond acceptors (Lipinski definition) is 8. The number of aromatic amines is 1. The van der Waals surface area contributed by atoms with Gasteiger partial charge in [0.2, 0.25) is 5.91 Å². The van der Waals surface area contributed by atoms with E-state index in [2.05, 4.69) is 31.7 Å². The SMILES string of the molecule is Cl.Cl.N#Cc1c(-c2cccc(N[C@@H](Cc3cnc[nH]3)C(N)=O)c2)cc(-c2ccc(Cl)cc2O)nc1NC(=O)c1ccco1. The molecule has 2 amide bonds. The second kappa shape index (κ2) is 14.2. The number of pyridine rings is 1. The van der Waals surface area contributed by atoms with Crippen LogP contribution in [0.5, 0.6) is 5.75 Å². The first-order valence-electron chi connectivity index (χ1n) is 12.2. The minimum Gasteiger partial charge on any atom is -0.507 e. The molecular formula is C29H24Cl3N7O4. The molecule has 220 valence electrons. The van der Waals surface area contributed by atoms with Crippen molar-refractivity contribution in [1.82, 2.24) is 15.0 Å². The van der Waals surface area contributed by atoms with Crippen molar-refractivity contribution in [2.75, 3.05) is 10.6 Å². The number of benzene rings is 2. The number of halogens is 3. The highest BCUT2D eigenvalue weighted by Crippen LogP contribution is 2.37. The molecule has 14 heteroatoms. The van der Waals surface area contributed by atoms with Crippen LogP contribution in [0.4, 0.5) is 11.5 Å². The molecule has 43 heavy (non-hydrogen) atoms. The van der Waals surface area contributed by atoms with E-state index in [0.29, 0.717) is 27.4 Å². The highest BCUT2D eigenvalue weighted by Gasteiger charge is 2.21. The van der Waals surface area contributed by atoms with Gasteiger partial charge < -0.3 is 30.9 Å². The second-order valence-corrected chi connectivity index (χ2v) is 9.38. The molecule has 3 aromatic heterocycles. The fourth-order valence-corrected chi connectivity index (χ4v) is 4.40. The zero-order valence-electron chi connectivity index (χ0n) is 22.1. The van der Waals surface area contributed by atoms with E-state index in [1.807, 2.05) is 0 Å². The summed E-state index contributed by atoms with van der Waals surface area (Å²) in [5, 5.41) is 26.9. The molecule has 5 aromatic rings. The maximum absolute atomic E-state index is 12.8. The smallest absolute Gasteiger partial charge is 0.292 e. The van der Waals surface area contributed by atoms with E-state index >= 15 is 0 Å². The summed E-state index contributed by atoms with van der Waals surface area (Å²) >= 11 is 6.03. The summed E-state index contributed by atoms with van der Waals surface area (Å²) in [5.74, 6) is -1.32. The number of primary amides is 1. The van der Waals surface area contributed by atoms with Crippen LogP contribution >= 0.6 is 36.4 Å². The van der Waals surface area contributed by atoms with Gasteiger partial charge in [-0.15, -0.1) is 24.8 Å². The van der Waals surface area contributed by atoms with Crippen molar-refractivity contribution < 1.29 is 19.1 Å². The van der Waals surface area contributed by atoms with Crippen LogP contribution in [0.25, 0.3) is 22.4 Å². The number of carbonyl (C=O) groups is 2. The van der Waals surface area contributed by atoms with Crippen molar-refractivity contribution in [2.24, 2.45) is 5.73 Å². The molecule has 1 atom stereocenters. The number of phenolic OH excluding ortho intramolecular Hbond substituents is 1. The molecular weight excluding hydrogens is 617 g/mol. The highest BCUT2D eigenvalue weighted by molar-refractivity contribution is 6.30. The van der Waals surface area contributed by atoms with E-state index in [1.165, 1.54) is 24.7 Å². The molecule has 0 unspecified atom stereocenters. The van der Waals surface area contributed by atoms with E-state index < -0.39 is 17.9 Å². The summed E-state index contributed by atoms with van der Waals surface area (Å²) in [4.78, 5) is 36.4. The first-order valence-corrected chi connectivity index (χ1v) is 12.6. The topological polar surface area (TPSA) is 183 Å². The number of carbonyl (C=O) groups excluding carboxylic acids is 2. The van der Waals surface area contributed by atoms with Gasteiger partial charge in [-0.3, -0.25) is 9.59 Å². The van der Waals surface area contributed by atoms with Gasteiger partial charge in [0.1, 0.15) is 23.4 Å². The van der Waals surface area contributed by atoms with Gasteiger partial charge in [0.15, 0.2) is 11.6 Å². The van der Waals surface area contributed by atoms with Gasteiger partial charge in [-0.2, -0.15) is 5.26 Å². The Bertz CT molecular complexity index is 1770. The lowest BCUT2D eigenvalue weighted by atomic mass is 9.97. The molecule has 6 N–H and O–H groups in total. The molecule has 2 aromatic carbocycles. The van der Waals surface area contributed by atoms with Crippen molar-refractivity contribution in [2.45, 2.75) is 12.5 Å². The van der Waals surface area contributed by atoms with Gasteiger partial charge in [-0.05, 0) is 54.1 Å². The van der Waals surface area contributed by atoms with Crippen molar-refractivity contribution in [3.05, 3.63) is 101 Å². The third kappa shape index (κ3) is 7.44. The van der Waals surface area contributed by atoms with Crippen LogP contribution < -0.4 is 16.4 Å². The van der Waals surface area contributed by atoms with Crippen LogP contribution in [-0.2, 0) is 11.2 Å². The van der Waals surface area contributed by atoms with Gasteiger partial charge in [0.25, 0.3) is 5.91 Å². The number of nitrogens with two attached hydrogens (primary N) is 1. The molecule has 5 rings (SSSR count). The number of phenols is 1. The Morgan fingerprint density at radius 2 is 1.93 bits per heavy atom. The minimum absolute atomic E-state index is 0. The predicted molar refractivity (Wildman–Crippen MR) is 167 cm³/mol. The van der Waals surface area contributed by atoms with Crippen LogP contribution in [0.1, 0.15) is 21.8 Å². The summed E-state index contributed by atoms with van der Waals surface area (Å²) in [7, 11) is 0. The van der Waals surface area contributed by atoms with Gasteiger partial charge >= 0.3 is 0 Å². The third-order valence-corrected chi connectivity index (χ3v) is 6.42. The van der Waals surface area contributed by atoms with Crippen LogP contribution in [0.2, 0.25) is 5.02 Å². The maximum Gasteiger partial charge on any atom is 0.292 e. The van der Waals surface area contributed by atoms with Crippen LogP contribution in [0, 0.1) is 11.3 Å². The maximum atomic E-state index is 12.8. The Morgan fingerprint density at radius 1 is 1.12 bits per heavy atom. The molecule has 0 aliphatic carbocycles. The number of aromatic nitrogens is 3. The molecule has 0 fully saturated rings. The summed E-state index contributed by atoms with van der Waals surface area (Å²) in [6, 6.07) is 17.6. The number of nitriles is 1. The molecule has 3 heterocycles. The Balaban J connectivity index is 0.00000253. The van der Waals surface area contributed by atoms with Gasteiger partial charge in [0, 0.05) is 40.1 Å². The van der Waals surface area contributed by atoms with Gasteiger partial charge in [-0.1, -0.05) is 23.7 Å². The average Bonchev–Trinajstić information content (AvgIpc) is 3.67. The Labute approximate surface area is 262 Å². The van der Waals surface area contributed by atoms with Crippen LogP contribution in [0.15, 0.2) is 83.9 Å². The van der Waals surface area contributed by atoms with Crippen LogP contribution in [0.3, 0.4) is 0 Å². The molecule has 0 saturated carbocycles. The highest BCUT2D eigenvalue weighted by atomic mass is 35.5. The Morgan fingerprint density at radius 3 is 2.58 bits per heavy atom. The fraction of sp³-hybridized carbons (Fsp3) is 0.0690. The lowest BCUT2D eigenvalue weighted by molar-refractivity contribution is -0.118. The van der Waals surface area contributed by atoms with Crippen molar-refractivity contribution >= 4 is 59.7 Å². The summed E-state index contributed by atoms with van der Waals surface area (Å²) < 4.78 is 5.18. The normalized spacial score (nSPS) is 10.9. The summed E-state index contributed by atoms with van der Waals surface area (Å²) in [6.45, 7) is 0. The zero-order valence-corrected chi connectivity index (χ0v) is 24.5. The molecule has 0 radical (unpaired) electrons. The second-order valence-electron chi connectivity index (χ2n) is 8.94. The number of anilines is 2.